The number of rotatable bonds is 2. The van der Waals surface area contributed by atoms with Crippen LogP contribution in [0.25, 0.3) is 0 Å². The SMILES string of the molecule is Nc1cc(Br)cc(CN2CCC3(CCCCC3)CC2)c1. The number of nitrogen functional groups attached to an aromatic ring is 1. The molecule has 20 heavy (non-hydrogen) atoms. The number of likely N-dealkylation sites (tertiary alicyclic amines) is 1. The first-order chi connectivity index (χ1) is 9.65. The van der Waals surface area contributed by atoms with E-state index in [1.807, 2.05) is 6.07 Å². The highest BCUT2D eigenvalue weighted by Gasteiger charge is 2.35. The Morgan fingerprint density at radius 1 is 1.00 bits per heavy atom. The molecule has 1 saturated carbocycles. The second-order valence-electron chi connectivity index (χ2n) is 6.73. The van der Waals surface area contributed by atoms with Gasteiger partial charge in [0.1, 0.15) is 0 Å². The molecule has 0 bridgehead atoms. The molecule has 110 valence electrons. The van der Waals surface area contributed by atoms with Crippen LogP contribution in [0.2, 0.25) is 0 Å². The van der Waals surface area contributed by atoms with Gasteiger partial charge in [-0.1, -0.05) is 35.2 Å². The Hall–Kier alpha value is -0.540. The number of nitrogens with two attached hydrogens (primary N) is 1. The van der Waals surface area contributed by atoms with Gasteiger partial charge in [-0.05, 0) is 68.0 Å². The van der Waals surface area contributed by atoms with Crippen LogP contribution >= 0.6 is 15.9 Å². The first-order valence-corrected chi connectivity index (χ1v) is 8.72. The van der Waals surface area contributed by atoms with E-state index < -0.39 is 0 Å². The van der Waals surface area contributed by atoms with Crippen LogP contribution in [-0.2, 0) is 6.54 Å². The van der Waals surface area contributed by atoms with Crippen molar-refractivity contribution in [1.29, 1.82) is 0 Å². The van der Waals surface area contributed by atoms with E-state index in [1.165, 1.54) is 63.6 Å². The summed E-state index contributed by atoms with van der Waals surface area (Å²) in [6.45, 7) is 3.55. The number of anilines is 1. The van der Waals surface area contributed by atoms with E-state index >= 15 is 0 Å². The van der Waals surface area contributed by atoms with Gasteiger partial charge in [-0.3, -0.25) is 4.90 Å². The molecule has 0 atom stereocenters. The Morgan fingerprint density at radius 3 is 2.35 bits per heavy atom. The molecule has 2 N–H and O–H groups in total. The maximum absolute atomic E-state index is 5.93. The van der Waals surface area contributed by atoms with E-state index in [0.717, 1.165) is 16.7 Å². The van der Waals surface area contributed by atoms with Gasteiger partial charge in [0.25, 0.3) is 0 Å². The Balaban J connectivity index is 1.58. The highest BCUT2D eigenvalue weighted by molar-refractivity contribution is 9.10. The smallest absolute Gasteiger partial charge is 0.0328 e. The van der Waals surface area contributed by atoms with Crippen molar-refractivity contribution >= 4 is 21.6 Å². The Morgan fingerprint density at radius 2 is 1.70 bits per heavy atom. The number of piperidine rings is 1. The van der Waals surface area contributed by atoms with Crippen molar-refractivity contribution in [3.8, 4) is 0 Å². The largest absolute Gasteiger partial charge is 0.399 e. The summed E-state index contributed by atoms with van der Waals surface area (Å²) in [5, 5.41) is 0. The average molecular weight is 337 g/mol. The highest BCUT2D eigenvalue weighted by atomic mass is 79.9. The lowest BCUT2D eigenvalue weighted by Crippen LogP contribution is -2.40. The molecule has 0 aromatic heterocycles. The molecule has 3 rings (SSSR count). The van der Waals surface area contributed by atoms with Crippen molar-refractivity contribution in [3.63, 3.8) is 0 Å². The van der Waals surface area contributed by atoms with Crippen LogP contribution in [0, 0.1) is 5.41 Å². The minimum Gasteiger partial charge on any atom is -0.399 e. The lowest BCUT2D eigenvalue weighted by Gasteiger charge is -2.44. The fourth-order valence-corrected chi connectivity index (χ4v) is 4.57. The summed E-state index contributed by atoms with van der Waals surface area (Å²) < 4.78 is 1.09. The molecule has 1 aliphatic heterocycles. The standard InChI is InChI=1S/C17H25BrN2/c18-15-10-14(11-16(19)12-15)13-20-8-6-17(7-9-20)4-2-1-3-5-17/h10-12H,1-9,13,19H2. The zero-order chi connectivity index (χ0) is 14.0. The minimum atomic E-state index is 0.699. The van der Waals surface area contributed by atoms with Crippen LogP contribution in [0.3, 0.4) is 0 Å². The van der Waals surface area contributed by atoms with Crippen molar-refractivity contribution in [3.05, 3.63) is 28.2 Å². The molecule has 1 aliphatic carbocycles. The summed E-state index contributed by atoms with van der Waals surface area (Å²) in [5.41, 5.74) is 8.81. The maximum atomic E-state index is 5.93. The molecular formula is C17H25BrN2. The number of hydrogen-bond acceptors (Lipinski definition) is 2. The zero-order valence-corrected chi connectivity index (χ0v) is 13.8. The van der Waals surface area contributed by atoms with Gasteiger partial charge in [-0.25, -0.2) is 0 Å². The summed E-state index contributed by atoms with van der Waals surface area (Å²) in [4.78, 5) is 2.60. The third-order valence-corrected chi connectivity index (χ3v) is 5.67. The lowest BCUT2D eigenvalue weighted by atomic mass is 9.68. The van der Waals surface area contributed by atoms with Gasteiger partial charge < -0.3 is 5.73 Å². The highest BCUT2D eigenvalue weighted by Crippen LogP contribution is 2.44. The molecule has 2 nitrogen and oxygen atoms in total. The van der Waals surface area contributed by atoms with Gasteiger partial charge in [-0.2, -0.15) is 0 Å². The quantitative estimate of drug-likeness (QED) is 0.801. The zero-order valence-electron chi connectivity index (χ0n) is 12.2. The third kappa shape index (κ3) is 3.37. The van der Waals surface area contributed by atoms with Crippen LogP contribution in [-0.4, -0.2) is 18.0 Å². The molecular weight excluding hydrogens is 312 g/mol. The monoisotopic (exact) mass is 336 g/mol. The van der Waals surface area contributed by atoms with Crippen LogP contribution in [0.5, 0.6) is 0 Å². The van der Waals surface area contributed by atoms with Gasteiger partial charge in [-0.15, -0.1) is 0 Å². The maximum Gasteiger partial charge on any atom is 0.0328 e. The normalized spacial score (nSPS) is 23.1. The van der Waals surface area contributed by atoms with Crippen LogP contribution in [0.1, 0.15) is 50.5 Å². The molecule has 0 radical (unpaired) electrons. The number of hydrogen-bond donors (Lipinski definition) is 1. The fraction of sp³-hybridized carbons (Fsp3) is 0.647. The van der Waals surface area contributed by atoms with Crippen molar-refractivity contribution in [2.24, 2.45) is 5.41 Å². The van der Waals surface area contributed by atoms with Crippen molar-refractivity contribution in [2.75, 3.05) is 18.8 Å². The topological polar surface area (TPSA) is 29.3 Å². The van der Waals surface area contributed by atoms with E-state index in [0.29, 0.717) is 5.41 Å². The van der Waals surface area contributed by atoms with Crippen LogP contribution in [0.4, 0.5) is 5.69 Å². The molecule has 1 heterocycles. The molecule has 2 aliphatic rings. The van der Waals surface area contributed by atoms with E-state index in [1.54, 1.807) is 0 Å². The van der Waals surface area contributed by atoms with Gasteiger partial charge in [0.05, 0.1) is 0 Å². The first kappa shape index (κ1) is 14.4. The molecule has 3 heteroatoms. The summed E-state index contributed by atoms with van der Waals surface area (Å²) >= 11 is 3.54. The third-order valence-electron chi connectivity index (χ3n) is 5.22. The van der Waals surface area contributed by atoms with Crippen molar-refractivity contribution in [1.82, 2.24) is 4.90 Å². The first-order valence-electron chi connectivity index (χ1n) is 7.93. The predicted molar refractivity (Wildman–Crippen MR) is 88.6 cm³/mol. The van der Waals surface area contributed by atoms with E-state index in [-0.39, 0.29) is 0 Å². The Kier molecular flexibility index (Phi) is 4.37. The molecule has 1 aromatic rings. The molecule has 1 saturated heterocycles. The summed E-state index contributed by atoms with van der Waals surface area (Å²) in [6, 6.07) is 6.27. The van der Waals surface area contributed by atoms with Crippen LogP contribution < -0.4 is 5.73 Å². The lowest BCUT2D eigenvalue weighted by molar-refractivity contribution is 0.0641. The molecule has 0 amide bonds. The predicted octanol–water partition coefficient (Wildman–Crippen LogP) is 4.58. The minimum absolute atomic E-state index is 0.699. The number of halogens is 1. The summed E-state index contributed by atoms with van der Waals surface area (Å²) in [7, 11) is 0. The summed E-state index contributed by atoms with van der Waals surface area (Å²) in [5.74, 6) is 0. The summed E-state index contributed by atoms with van der Waals surface area (Å²) in [6.07, 6.45) is 10.1. The van der Waals surface area contributed by atoms with E-state index in [4.69, 9.17) is 5.73 Å². The van der Waals surface area contributed by atoms with Gasteiger partial charge in [0.2, 0.25) is 0 Å². The Bertz CT molecular complexity index is 436. The molecule has 1 aromatic carbocycles. The average Bonchev–Trinajstić information content (AvgIpc) is 2.42. The fourth-order valence-electron chi connectivity index (χ4n) is 4.01. The van der Waals surface area contributed by atoms with Gasteiger partial charge in [0, 0.05) is 16.7 Å². The number of nitrogens with zero attached hydrogens (tertiary/aromatic N) is 1. The van der Waals surface area contributed by atoms with Gasteiger partial charge in [0.15, 0.2) is 0 Å². The molecule has 2 fully saturated rings. The van der Waals surface area contributed by atoms with E-state index in [2.05, 4.69) is 33.0 Å². The molecule has 0 unspecified atom stereocenters. The second-order valence-corrected chi connectivity index (χ2v) is 7.65. The van der Waals surface area contributed by atoms with Crippen molar-refractivity contribution in [2.45, 2.75) is 51.5 Å². The van der Waals surface area contributed by atoms with Crippen molar-refractivity contribution < 1.29 is 0 Å². The van der Waals surface area contributed by atoms with E-state index in [9.17, 15) is 0 Å². The second kappa shape index (κ2) is 6.07. The van der Waals surface area contributed by atoms with Crippen LogP contribution in [0.15, 0.2) is 22.7 Å². The molecule has 1 spiro atoms. The number of benzene rings is 1. The van der Waals surface area contributed by atoms with Gasteiger partial charge >= 0.3 is 0 Å². The Labute approximate surface area is 130 Å².